The van der Waals surface area contributed by atoms with Crippen LogP contribution < -0.4 is 5.01 Å². The minimum atomic E-state index is 0.831. The fraction of sp³-hybridized carbons (Fsp3) is 1.00. The van der Waals surface area contributed by atoms with Crippen molar-refractivity contribution in [3.05, 3.63) is 0 Å². The van der Waals surface area contributed by atoms with Crippen LogP contribution in [0, 0.1) is 5.92 Å². The Kier molecular flexibility index (Phi) is 5.45. The van der Waals surface area contributed by atoms with Gasteiger partial charge >= 0.3 is 0 Å². The second-order valence-corrected chi connectivity index (χ2v) is 4.03. The van der Waals surface area contributed by atoms with Crippen molar-refractivity contribution in [2.45, 2.75) is 26.7 Å². The van der Waals surface area contributed by atoms with E-state index in [0.717, 1.165) is 32.2 Å². The Hall–Kier alpha value is -0.120. The maximum Gasteiger partial charge on any atom is 0.141 e. The number of ether oxygens (including phenoxy) is 1. The van der Waals surface area contributed by atoms with Crippen molar-refractivity contribution < 1.29 is 4.74 Å². The summed E-state index contributed by atoms with van der Waals surface area (Å²) in [5, 5.41) is 4.76. The fourth-order valence-corrected chi connectivity index (χ4v) is 1.94. The van der Waals surface area contributed by atoms with Gasteiger partial charge < -0.3 is 4.74 Å². The van der Waals surface area contributed by atoms with E-state index in [9.17, 15) is 0 Å². The minimum absolute atomic E-state index is 0.831. The average molecular weight is 200 g/mol. The van der Waals surface area contributed by atoms with E-state index in [0.29, 0.717) is 0 Å². The van der Waals surface area contributed by atoms with Gasteiger partial charge in [0.15, 0.2) is 0 Å². The van der Waals surface area contributed by atoms with Crippen molar-refractivity contribution in [1.29, 1.82) is 0 Å². The summed E-state index contributed by atoms with van der Waals surface area (Å²) in [6.45, 7) is 9.75. The lowest BCUT2D eigenvalue weighted by atomic mass is 10.0. The summed E-state index contributed by atoms with van der Waals surface area (Å²) >= 11 is 0. The fourth-order valence-electron chi connectivity index (χ4n) is 1.94. The molecule has 0 spiro atoms. The molecule has 1 saturated heterocycles. The van der Waals surface area contributed by atoms with E-state index in [-0.39, 0.29) is 0 Å². The van der Waals surface area contributed by atoms with Crippen LogP contribution in [-0.2, 0) is 4.74 Å². The van der Waals surface area contributed by atoms with Gasteiger partial charge in [-0.25, -0.2) is 0 Å². The topological polar surface area (TPSA) is 18.4 Å². The van der Waals surface area contributed by atoms with Crippen molar-refractivity contribution in [3.8, 4) is 0 Å². The van der Waals surface area contributed by atoms with E-state index in [2.05, 4.69) is 30.9 Å². The summed E-state index contributed by atoms with van der Waals surface area (Å²) in [5.41, 5.74) is 0. The lowest BCUT2D eigenvalue weighted by Crippen LogP contribution is -2.47. The molecule has 0 unspecified atom stereocenters. The molecule has 0 aromatic rings. The van der Waals surface area contributed by atoms with E-state index in [1.54, 1.807) is 0 Å². The molecule has 3 nitrogen and oxygen atoms in total. The van der Waals surface area contributed by atoms with Crippen LogP contribution in [0.1, 0.15) is 26.7 Å². The molecule has 1 aliphatic rings. The van der Waals surface area contributed by atoms with Crippen molar-refractivity contribution in [1.82, 2.24) is 10.0 Å². The molecule has 3 heteroatoms. The molecule has 0 aromatic carbocycles. The summed E-state index contributed by atoms with van der Waals surface area (Å²) in [6, 6.07) is 0. The van der Waals surface area contributed by atoms with Gasteiger partial charge in [-0.15, -0.1) is 5.01 Å². The SMILES string of the molecule is CCN(CC1CCOCC1)[N+](C)CC. The van der Waals surface area contributed by atoms with E-state index in [1.807, 2.05) is 0 Å². The van der Waals surface area contributed by atoms with Gasteiger partial charge in [0, 0.05) is 13.2 Å². The monoisotopic (exact) mass is 200 g/mol. The number of hydrogen-bond acceptors (Lipinski definition) is 3. The highest BCUT2D eigenvalue weighted by molar-refractivity contribution is 4.68. The van der Waals surface area contributed by atoms with E-state index in [1.165, 1.54) is 19.4 Å². The third-order valence-electron chi connectivity index (χ3n) is 3.12. The molecule has 0 atom stereocenters. The first-order valence-electron chi connectivity index (χ1n) is 5.81. The molecule has 1 radical (unpaired) electrons. The van der Waals surface area contributed by atoms with E-state index < -0.39 is 0 Å². The van der Waals surface area contributed by atoms with Crippen molar-refractivity contribution >= 4 is 0 Å². The average Bonchev–Trinajstić information content (AvgIpc) is 2.26. The van der Waals surface area contributed by atoms with Gasteiger partial charge in [-0.05, 0) is 32.6 Å². The van der Waals surface area contributed by atoms with Crippen LogP contribution in [0.5, 0.6) is 0 Å². The Morgan fingerprint density at radius 3 is 2.43 bits per heavy atom. The van der Waals surface area contributed by atoms with Crippen molar-refractivity contribution in [2.75, 3.05) is 39.9 Å². The van der Waals surface area contributed by atoms with Crippen LogP contribution in [0.25, 0.3) is 0 Å². The standard InChI is InChI=1S/C11H24N2O/c1-4-12(3)13(5-2)10-11-6-8-14-9-7-11/h11H,4-10H2,1-3H3/q+1. The summed E-state index contributed by atoms with van der Waals surface area (Å²) in [4.78, 5) is 0. The van der Waals surface area contributed by atoms with Crippen molar-refractivity contribution in [3.63, 3.8) is 0 Å². The Bertz CT molecular complexity index is 146. The van der Waals surface area contributed by atoms with Crippen molar-refractivity contribution in [2.24, 2.45) is 5.92 Å². The zero-order valence-corrected chi connectivity index (χ0v) is 9.83. The second-order valence-electron chi connectivity index (χ2n) is 4.03. The first kappa shape index (κ1) is 12.0. The number of nitrogens with zero attached hydrogens (tertiary/aromatic N) is 2. The number of hydrazine groups is 1. The van der Waals surface area contributed by atoms with Crippen LogP contribution in [0.2, 0.25) is 0 Å². The van der Waals surface area contributed by atoms with Gasteiger partial charge in [-0.2, -0.15) is 0 Å². The molecule has 1 aliphatic heterocycles. The summed E-state index contributed by atoms with van der Waals surface area (Å²) < 4.78 is 5.37. The van der Waals surface area contributed by atoms with Gasteiger partial charge in [0.25, 0.3) is 0 Å². The third kappa shape index (κ3) is 3.56. The van der Waals surface area contributed by atoms with Crippen LogP contribution in [0.4, 0.5) is 0 Å². The predicted octanol–water partition coefficient (Wildman–Crippen LogP) is 1.44. The van der Waals surface area contributed by atoms with Gasteiger partial charge in [-0.3, -0.25) is 0 Å². The Morgan fingerprint density at radius 1 is 1.29 bits per heavy atom. The van der Waals surface area contributed by atoms with Crippen LogP contribution in [0.15, 0.2) is 0 Å². The number of rotatable bonds is 5. The van der Waals surface area contributed by atoms with Crippen LogP contribution >= 0.6 is 0 Å². The maximum atomic E-state index is 5.37. The molecule has 0 amide bonds. The molecule has 83 valence electrons. The summed E-state index contributed by atoms with van der Waals surface area (Å²) in [5.74, 6) is 0.831. The highest BCUT2D eigenvalue weighted by Gasteiger charge is 2.23. The first-order valence-corrected chi connectivity index (χ1v) is 5.81. The lowest BCUT2D eigenvalue weighted by molar-refractivity contribution is 0.0229. The second kappa shape index (κ2) is 6.38. The van der Waals surface area contributed by atoms with Gasteiger partial charge in [0.2, 0.25) is 0 Å². The molecule has 0 N–H and O–H groups in total. The van der Waals surface area contributed by atoms with Gasteiger partial charge in [0.05, 0.1) is 13.1 Å². The molecule has 0 bridgehead atoms. The molecule has 0 saturated carbocycles. The van der Waals surface area contributed by atoms with Crippen LogP contribution in [-0.4, -0.2) is 44.9 Å². The quantitative estimate of drug-likeness (QED) is 0.494. The molecule has 1 fully saturated rings. The predicted molar refractivity (Wildman–Crippen MR) is 59.4 cm³/mol. The largest absolute Gasteiger partial charge is 0.381 e. The molecule has 0 aromatic heterocycles. The first-order chi connectivity index (χ1) is 6.77. The highest BCUT2D eigenvalue weighted by Crippen LogP contribution is 2.16. The van der Waals surface area contributed by atoms with Crippen LogP contribution in [0.3, 0.4) is 0 Å². The molecular weight excluding hydrogens is 176 g/mol. The smallest absolute Gasteiger partial charge is 0.141 e. The summed E-state index contributed by atoms with van der Waals surface area (Å²) in [7, 11) is 2.17. The molecule has 1 rings (SSSR count). The molecule has 0 aliphatic carbocycles. The van der Waals surface area contributed by atoms with E-state index in [4.69, 9.17) is 4.74 Å². The molecule has 1 heterocycles. The van der Waals surface area contributed by atoms with E-state index >= 15 is 0 Å². The zero-order valence-electron chi connectivity index (χ0n) is 9.83. The normalized spacial score (nSPS) is 19.5. The maximum absolute atomic E-state index is 5.37. The third-order valence-corrected chi connectivity index (χ3v) is 3.12. The Morgan fingerprint density at radius 2 is 1.93 bits per heavy atom. The minimum Gasteiger partial charge on any atom is -0.381 e. The zero-order chi connectivity index (χ0) is 10.4. The molecular formula is C11H24N2O+. The number of hydrogen-bond donors (Lipinski definition) is 0. The summed E-state index contributed by atoms with van der Waals surface area (Å²) in [6.07, 6.45) is 2.46. The Labute approximate surface area is 88.0 Å². The lowest BCUT2D eigenvalue weighted by Gasteiger charge is -2.27. The molecule has 14 heavy (non-hydrogen) atoms. The highest BCUT2D eigenvalue weighted by atomic mass is 16.5. The Balaban J connectivity index is 2.30. The van der Waals surface area contributed by atoms with Gasteiger partial charge in [0.1, 0.15) is 13.6 Å². The van der Waals surface area contributed by atoms with Gasteiger partial charge in [-0.1, -0.05) is 5.01 Å².